The molecule has 3 N–H and O–H groups in total. The fraction of sp³-hybridized carbons (Fsp3) is 0.562. The van der Waals surface area contributed by atoms with E-state index in [0.717, 1.165) is 13.1 Å². The highest BCUT2D eigenvalue weighted by Gasteiger charge is 2.33. The second-order valence-electron chi connectivity index (χ2n) is 6.43. The summed E-state index contributed by atoms with van der Waals surface area (Å²) in [5.74, 6) is -0.411. The number of morpholine rings is 1. The quantitative estimate of drug-likeness (QED) is 0.473. The van der Waals surface area contributed by atoms with Crippen LogP contribution in [0.1, 0.15) is 28.8 Å². The minimum absolute atomic E-state index is 0.0654. The molecule has 2 fully saturated rings. The van der Waals surface area contributed by atoms with E-state index >= 15 is 0 Å². The molecule has 0 aromatic heterocycles. The minimum Gasteiger partial charge on any atom is -0.393 e. The lowest BCUT2D eigenvalue weighted by Gasteiger charge is -2.33. The van der Waals surface area contributed by atoms with E-state index < -0.39 is 10.8 Å². The lowest BCUT2D eigenvalue weighted by Crippen LogP contribution is -2.48. The van der Waals surface area contributed by atoms with Crippen LogP contribution in [0, 0.1) is 17.0 Å². The van der Waals surface area contributed by atoms with E-state index in [4.69, 9.17) is 10.5 Å². The van der Waals surface area contributed by atoms with E-state index in [-0.39, 0.29) is 23.0 Å². The van der Waals surface area contributed by atoms with Crippen molar-refractivity contribution in [2.24, 2.45) is 0 Å². The summed E-state index contributed by atoms with van der Waals surface area (Å²) in [7, 11) is 0. The molecule has 2 aliphatic rings. The van der Waals surface area contributed by atoms with Crippen molar-refractivity contribution in [1.82, 2.24) is 10.2 Å². The van der Waals surface area contributed by atoms with Crippen LogP contribution < -0.4 is 11.1 Å². The van der Waals surface area contributed by atoms with Crippen LogP contribution in [-0.4, -0.2) is 54.1 Å². The topological polar surface area (TPSA) is 111 Å². The Balaban J connectivity index is 1.63. The molecule has 8 heteroatoms. The number of nitrogens with zero attached hydrogens (tertiary/aromatic N) is 2. The lowest BCUT2D eigenvalue weighted by atomic mass is 10.1. The number of anilines is 1. The second kappa shape index (κ2) is 6.74. The van der Waals surface area contributed by atoms with Crippen LogP contribution >= 0.6 is 0 Å². The van der Waals surface area contributed by atoms with Crippen LogP contribution in [0.25, 0.3) is 0 Å². The maximum atomic E-state index is 12.4. The summed E-state index contributed by atoms with van der Waals surface area (Å²) in [6.07, 6.45) is 2.41. The van der Waals surface area contributed by atoms with Gasteiger partial charge >= 0.3 is 0 Å². The largest absolute Gasteiger partial charge is 0.393 e. The normalized spacial score (nSPS) is 21.5. The van der Waals surface area contributed by atoms with Gasteiger partial charge in [-0.2, -0.15) is 0 Å². The Hall–Kier alpha value is -2.19. The van der Waals surface area contributed by atoms with Gasteiger partial charge in [-0.3, -0.25) is 19.8 Å². The molecular formula is C16H22N4O4. The van der Waals surface area contributed by atoms with Crippen molar-refractivity contribution >= 4 is 17.3 Å². The van der Waals surface area contributed by atoms with Crippen LogP contribution in [0.2, 0.25) is 0 Å². The molecule has 0 bridgehead atoms. The van der Waals surface area contributed by atoms with Crippen LogP contribution in [-0.2, 0) is 4.74 Å². The summed E-state index contributed by atoms with van der Waals surface area (Å²) in [5.41, 5.74) is 6.20. The van der Waals surface area contributed by atoms with E-state index in [9.17, 15) is 14.9 Å². The molecule has 0 unspecified atom stereocenters. The fourth-order valence-corrected chi connectivity index (χ4v) is 3.06. The molecular weight excluding hydrogens is 312 g/mol. The van der Waals surface area contributed by atoms with Gasteiger partial charge < -0.3 is 15.8 Å². The number of rotatable bonds is 5. The predicted octanol–water partition coefficient (Wildman–Crippen LogP) is 1.08. The first-order valence-corrected chi connectivity index (χ1v) is 8.14. The number of aryl methyl sites for hydroxylation is 1. The van der Waals surface area contributed by atoms with Gasteiger partial charge in [0.15, 0.2) is 0 Å². The lowest BCUT2D eigenvalue weighted by molar-refractivity contribution is -0.384. The molecule has 1 saturated heterocycles. The molecule has 24 heavy (non-hydrogen) atoms. The first-order chi connectivity index (χ1) is 11.5. The molecule has 1 heterocycles. The highest BCUT2D eigenvalue weighted by atomic mass is 16.6. The number of hydrogen-bond acceptors (Lipinski definition) is 6. The number of nitro benzene ring substituents is 1. The van der Waals surface area contributed by atoms with Gasteiger partial charge in [0.2, 0.25) is 0 Å². The number of hydrogen-bond donors (Lipinski definition) is 2. The smallest absolute Gasteiger partial charge is 0.293 e. The molecule has 1 aliphatic heterocycles. The molecule has 1 amide bonds. The Morgan fingerprint density at radius 2 is 2.25 bits per heavy atom. The average Bonchev–Trinajstić information content (AvgIpc) is 3.39. The molecule has 1 atom stereocenters. The third kappa shape index (κ3) is 3.65. The van der Waals surface area contributed by atoms with Crippen molar-refractivity contribution in [3.05, 3.63) is 33.4 Å². The van der Waals surface area contributed by atoms with Crippen LogP contribution in [0.15, 0.2) is 12.1 Å². The van der Waals surface area contributed by atoms with Gasteiger partial charge in [-0.1, -0.05) is 0 Å². The Kier molecular flexibility index (Phi) is 4.68. The number of ether oxygens (including phenoxy) is 1. The minimum atomic E-state index is -0.573. The van der Waals surface area contributed by atoms with Crippen molar-refractivity contribution < 1.29 is 14.5 Å². The monoisotopic (exact) mass is 334 g/mol. The fourth-order valence-electron chi connectivity index (χ4n) is 3.06. The van der Waals surface area contributed by atoms with Crippen LogP contribution in [0.5, 0.6) is 0 Å². The molecule has 1 saturated carbocycles. The molecule has 0 spiro atoms. The highest BCUT2D eigenvalue weighted by Crippen LogP contribution is 2.28. The van der Waals surface area contributed by atoms with Gasteiger partial charge in [0.25, 0.3) is 11.6 Å². The molecule has 1 aliphatic carbocycles. The average molecular weight is 334 g/mol. The molecule has 1 aromatic rings. The Bertz CT molecular complexity index is 660. The van der Waals surface area contributed by atoms with Crippen molar-refractivity contribution in [2.75, 3.05) is 32.0 Å². The van der Waals surface area contributed by atoms with Gasteiger partial charge in [0.05, 0.1) is 23.2 Å². The Morgan fingerprint density at radius 1 is 1.50 bits per heavy atom. The van der Waals surface area contributed by atoms with Crippen molar-refractivity contribution in [3.8, 4) is 0 Å². The number of carbonyl (C=O) groups excluding carboxylic acids is 1. The van der Waals surface area contributed by atoms with Gasteiger partial charge in [-0.15, -0.1) is 0 Å². The number of amides is 1. The zero-order valence-electron chi connectivity index (χ0n) is 13.7. The van der Waals surface area contributed by atoms with E-state index in [2.05, 4.69) is 10.2 Å². The zero-order chi connectivity index (χ0) is 17.3. The zero-order valence-corrected chi connectivity index (χ0v) is 13.7. The van der Waals surface area contributed by atoms with Gasteiger partial charge in [-0.05, 0) is 31.4 Å². The number of nitro groups is 1. The highest BCUT2D eigenvalue weighted by molar-refractivity contribution is 6.01. The molecule has 130 valence electrons. The summed E-state index contributed by atoms with van der Waals surface area (Å²) in [6, 6.07) is 3.60. The molecule has 8 nitrogen and oxygen atoms in total. The number of nitrogens with two attached hydrogens (primary N) is 1. The van der Waals surface area contributed by atoms with Gasteiger partial charge in [0, 0.05) is 31.7 Å². The first-order valence-electron chi connectivity index (χ1n) is 8.14. The van der Waals surface area contributed by atoms with Crippen LogP contribution in [0.4, 0.5) is 11.4 Å². The summed E-state index contributed by atoms with van der Waals surface area (Å²) in [5, 5.41) is 13.8. The van der Waals surface area contributed by atoms with E-state index in [1.165, 1.54) is 18.9 Å². The van der Waals surface area contributed by atoms with Crippen molar-refractivity contribution in [1.29, 1.82) is 0 Å². The SMILES string of the molecule is Cc1cc(C(=O)NC[C@@H]2CN(C3CC3)CCO2)c(N)c([N+](=O)[O-])c1. The van der Waals surface area contributed by atoms with Gasteiger partial charge in [0.1, 0.15) is 5.69 Å². The first kappa shape index (κ1) is 16.7. The molecule has 3 rings (SSSR count). The van der Waals surface area contributed by atoms with Crippen LogP contribution in [0.3, 0.4) is 0 Å². The molecule has 0 radical (unpaired) electrons. The van der Waals surface area contributed by atoms with E-state index in [1.807, 2.05) is 0 Å². The number of benzene rings is 1. The Morgan fingerprint density at radius 3 is 2.92 bits per heavy atom. The summed E-state index contributed by atoms with van der Waals surface area (Å²) < 4.78 is 5.69. The maximum absolute atomic E-state index is 12.4. The number of carbonyl (C=O) groups is 1. The molecule has 1 aromatic carbocycles. The Labute approximate surface area is 140 Å². The third-order valence-electron chi connectivity index (χ3n) is 4.47. The summed E-state index contributed by atoms with van der Waals surface area (Å²) in [4.78, 5) is 25.2. The van der Waals surface area contributed by atoms with Gasteiger partial charge in [-0.25, -0.2) is 0 Å². The third-order valence-corrected chi connectivity index (χ3v) is 4.47. The maximum Gasteiger partial charge on any atom is 0.293 e. The van der Waals surface area contributed by atoms with E-state index in [0.29, 0.717) is 24.8 Å². The summed E-state index contributed by atoms with van der Waals surface area (Å²) >= 11 is 0. The number of nitrogen functional groups attached to an aromatic ring is 1. The predicted molar refractivity (Wildman–Crippen MR) is 88.9 cm³/mol. The second-order valence-corrected chi connectivity index (χ2v) is 6.43. The number of nitrogens with one attached hydrogen (secondary N) is 1. The standard InChI is InChI=1S/C16H22N4O4/c1-10-6-13(15(17)14(7-10)20(22)23)16(21)18-8-12-9-19(4-5-24-12)11-2-3-11/h6-7,11-12H,2-5,8-9,17H2,1H3,(H,18,21)/t12-/m1/s1. The van der Waals surface area contributed by atoms with Crippen molar-refractivity contribution in [3.63, 3.8) is 0 Å². The van der Waals surface area contributed by atoms with Crippen molar-refractivity contribution in [2.45, 2.75) is 31.9 Å². The van der Waals surface area contributed by atoms with E-state index in [1.54, 1.807) is 13.0 Å². The summed E-state index contributed by atoms with van der Waals surface area (Å²) in [6.45, 7) is 4.46.